The van der Waals surface area contributed by atoms with Crippen LogP contribution in [-0.2, 0) is 6.42 Å². The van der Waals surface area contributed by atoms with E-state index in [1.54, 1.807) is 0 Å². The van der Waals surface area contributed by atoms with Gasteiger partial charge in [0.25, 0.3) is 0 Å². The molecular weight excluding hydrogens is 228 g/mol. The summed E-state index contributed by atoms with van der Waals surface area (Å²) in [5, 5.41) is 5.60. The normalized spacial score (nSPS) is 11.4. The molecule has 0 saturated carbocycles. The summed E-state index contributed by atoms with van der Waals surface area (Å²) >= 11 is 0. The lowest BCUT2D eigenvalue weighted by Crippen LogP contribution is -1.90. The van der Waals surface area contributed by atoms with Crippen LogP contribution >= 0.6 is 0 Å². The zero-order valence-corrected chi connectivity index (χ0v) is 12.2. The number of hydrogen-bond donors (Lipinski definition) is 0. The van der Waals surface area contributed by atoms with Crippen molar-refractivity contribution in [3.05, 3.63) is 58.7 Å². The number of rotatable bonds is 1. The molecule has 0 aliphatic rings. The minimum Gasteiger partial charge on any atom is -0.0613 e. The quantitative estimate of drug-likeness (QED) is 0.500. The van der Waals surface area contributed by atoms with E-state index in [0.29, 0.717) is 0 Å². The molecule has 0 heterocycles. The van der Waals surface area contributed by atoms with Gasteiger partial charge in [0.2, 0.25) is 0 Å². The van der Waals surface area contributed by atoms with Gasteiger partial charge in [0.1, 0.15) is 0 Å². The molecule has 0 radical (unpaired) electrons. The SMILES string of the molecule is CCc1ccc2c(C)c3cc(C)ccc3c(C)c2c1. The predicted molar refractivity (Wildman–Crippen MR) is 85.0 cm³/mol. The third-order valence-electron chi connectivity index (χ3n) is 4.28. The van der Waals surface area contributed by atoms with E-state index in [-0.39, 0.29) is 0 Å². The first-order chi connectivity index (χ1) is 9.11. The van der Waals surface area contributed by atoms with Crippen molar-refractivity contribution < 1.29 is 0 Å². The molecule has 0 unspecified atom stereocenters. The van der Waals surface area contributed by atoms with E-state index in [2.05, 4.69) is 64.1 Å². The van der Waals surface area contributed by atoms with Crippen LogP contribution in [0.2, 0.25) is 0 Å². The lowest BCUT2D eigenvalue weighted by atomic mass is 9.91. The molecule has 3 rings (SSSR count). The Hall–Kier alpha value is -1.82. The molecule has 0 heteroatoms. The van der Waals surface area contributed by atoms with Crippen LogP contribution in [0, 0.1) is 20.8 Å². The molecule has 19 heavy (non-hydrogen) atoms. The smallest absolute Gasteiger partial charge is 0.0143 e. The Bertz CT molecular complexity index is 779. The molecule has 0 atom stereocenters. The van der Waals surface area contributed by atoms with E-state index in [4.69, 9.17) is 0 Å². The minimum absolute atomic E-state index is 1.10. The fourth-order valence-corrected chi connectivity index (χ4v) is 3.03. The van der Waals surface area contributed by atoms with Gasteiger partial charge in [-0.05, 0) is 65.4 Å². The molecule has 0 aliphatic carbocycles. The highest BCUT2D eigenvalue weighted by molar-refractivity contribution is 6.05. The van der Waals surface area contributed by atoms with Gasteiger partial charge < -0.3 is 0 Å². The van der Waals surface area contributed by atoms with E-state index >= 15 is 0 Å². The summed E-state index contributed by atoms with van der Waals surface area (Å²) in [4.78, 5) is 0. The van der Waals surface area contributed by atoms with Crippen molar-refractivity contribution in [1.29, 1.82) is 0 Å². The van der Waals surface area contributed by atoms with Gasteiger partial charge in [-0.2, -0.15) is 0 Å². The fourth-order valence-electron chi connectivity index (χ4n) is 3.03. The summed E-state index contributed by atoms with van der Waals surface area (Å²) < 4.78 is 0. The molecule has 0 N–H and O–H groups in total. The second kappa shape index (κ2) is 4.38. The summed E-state index contributed by atoms with van der Waals surface area (Å²) in [7, 11) is 0. The van der Waals surface area contributed by atoms with Crippen LogP contribution in [0.3, 0.4) is 0 Å². The van der Waals surface area contributed by atoms with Gasteiger partial charge in [0.05, 0.1) is 0 Å². The Kier molecular flexibility index (Phi) is 2.82. The molecule has 0 aromatic heterocycles. The Balaban J connectivity index is 2.52. The molecule has 0 amide bonds. The molecule has 3 aromatic carbocycles. The van der Waals surface area contributed by atoms with E-state index in [1.807, 2.05) is 0 Å². The highest BCUT2D eigenvalue weighted by Gasteiger charge is 2.09. The van der Waals surface area contributed by atoms with Crippen LogP contribution in [0.1, 0.15) is 29.2 Å². The van der Waals surface area contributed by atoms with Gasteiger partial charge in [0.15, 0.2) is 0 Å². The first-order valence-electron chi connectivity index (χ1n) is 7.04. The van der Waals surface area contributed by atoms with Crippen molar-refractivity contribution in [2.45, 2.75) is 34.1 Å². The molecule has 0 bridgehead atoms. The van der Waals surface area contributed by atoms with Crippen LogP contribution in [0.5, 0.6) is 0 Å². The van der Waals surface area contributed by atoms with Crippen LogP contribution < -0.4 is 0 Å². The summed E-state index contributed by atoms with van der Waals surface area (Å²) in [5.74, 6) is 0. The third kappa shape index (κ3) is 1.83. The fraction of sp³-hybridized carbons (Fsp3) is 0.263. The third-order valence-corrected chi connectivity index (χ3v) is 4.28. The Morgan fingerprint density at radius 3 is 1.89 bits per heavy atom. The summed E-state index contributed by atoms with van der Waals surface area (Å²) in [6.45, 7) is 8.88. The van der Waals surface area contributed by atoms with Gasteiger partial charge in [-0.3, -0.25) is 0 Å². The number of fused-ring (bicyclic) bond motifs is 2. The Labute approximate surface area is 115 Å². The summed E-state index contributed by atoms with van der Waals surface area (Å²) in [5.41, 5.74) is 5.56. The van der Waals surface area contributed by atoms with Gasteiger partial charge >= 0.3 is 0 Å². The maximum Gasteiger partial charge on any atom is -0.0143 e. The van der Waals surface area contributed by atoms with Crippen molar-refractivity contribution in [1.82, 2.24) is 0 Å². The molecule has 0 fully saturated rings. The van der Waals surface area contributed by atoms with Crippen LogP contribution in [0.15, 0.2) is 36.4 Å². The zero-order chi connectivity index (χ0) is 13.6. The standard InChI is InChI=1S/C19H20/c1-5-15-7-9-17-13(3)18-10-12(2)6-8-16(18)14(4)19(17)11-15/h6-11H,5H2,1-4H3. The van der Waals surface area contributed by atoms with Gasteiger partial charge in [-0.25, -0.2) is 0 Å². The Morgan fingerprint density at radius 2 is 1.26 bits per heavy atom. The van der Waals surface area contributed by atoms with E-state index in [1.165, 1.54) is 43.8 Å². The highest BCUT2D eigenvalue weighted by Crippen LogP contribution is 2.33. The summed E-state index contributed by atoms with van der Waals surface area (Å²) in [6.07, 6.45) is 1.10. The van der Waals surface area contributed by atoms with E-state index < -0.39 is 0 Å². The van der Waals surface area contributed by atoms with Crippen molar-refractivity contribution in [2.75, 3.05) is 0 Å². The molecule has 0 nitrogen and oxygen atoms in total. The molecule has 3 aromatic rings. The monoisotopic (exact) mass is 248 g/mol. The highest BCUT2D eigenvalue weighted by atomic mass is 14.1. The van der Waals surface area contributed by atoms with Gasteiger partial charge in [-0.1, -0.05) is 48.9 Å². The van der Waals surface area contributed by atoms with E-state index in [0.717, 1.165) is 6.42 Å². The lowest BCUT2D eigenvalue weighted by Gasteiger charge is -2.13. The molecule has 0 aliphatic heterocycles. The van der Waals surface area contributed by atoms with Gasteiger partial charge in [0, 0.05) is 0 Å². The molecule has 96 valence electrons. The van der Waals surface area contributed by atoms with E-state index in [9.17, 15) is 0 Å². The van der Waals surface area contributed by atoms with Crippen LogP contribution in [0.4, 0.5) is 0 Å². The minimum atomic E-state index is 1.10. The molecular formula is C19H20. The lowest BCUT2D eigenvalue weighted by molar-refractivity contribution is 1.15. The maximum absolute atomic E-state index is 2.36. The number of hydrogen-bond acceptors (Lipinski definition) is 0. The molecule has 0 spiro atoms. The van der Waals surface area contributed by atoms with Crippen molar-refractivity contribution in [3.63, 3.8) is 0 Å². The van der Waals surface area contributed by atoms with Crippen molar-refractivity contribution in [2.24, 2.45) is 0 Å². The second-order valence-corrected chi connectivity index (χ2v) is 5.53. The Morgan fingerprint density at radius 1 is 0.684 bits per heavy atom. The average molecular weight is 248 g/mol. The van der Waals surface area contributed by atoms with Crippen LogP contribution in [0.25, 0.3) is 21.5 Å². The van der Waals surface area contributed by atoms with Gasteiger partial charge in [-0.15, -0.1) is 0 Å². The first kappa shape index (κ1) is 12.2. The number of benzene rings is 3. The first-order valence-corrected chi connectivity index (χ1v) is 7.04. The summed E-state index contributed by atoms with van der Waals surface area (Å²) in [6, 6.07) is 13.7. The second-order valence-electron chi connectivity index (χ2n) is 5.53. The predicted octanol–water partition coefficient (Wildman–Crippen LogP) is 5.48. The van der Waals surface area contributed by atoms with Crippen LogP contribution in [-0.4, -0.2) is 0 Å². The van der Waals surface area contributed by atoms with Crippen molar-refractivity contribution >= 4 is 21.5 Å². The maximum atomic E-state index is 2.36. The largest absolute Gasteiger partial charge is 0.0613 e. The molecule has 0 saturated heterocycles. The van der Waals surface area contributed by atoms with Crippen molar-refractivity contribution in [3.8, 4) is 0 Å². The topological polar surface area (TPSA) is 0 Å². The average Bonchev–Trinajstić information content (AvgIpc) is 2.44. The zero-order valence-electron chi connectivity index (χ0n) is 12.2. The number of aryl methyl sites for hydroxylation is 4.